The largest absolute Gasteiger partial charge is 0.341 e. The summed E-state index contributed by atoms with van der Waals surface area (Å²) in [7, 11) is 0. The van der Waals surface area contributed by atoms with Crippen molar-refractivity contribution < 1.29 is 9.18 Å². The van der Waals surface area contributed by atoms with Crippen molar-refractivity contribution in [2.75, 3.05) is 6.54 Å². The molecule has 100 valence electrons. The molecule has 4 heteroatoms. The van der Waals surface area contributed by atoms with Crippen LogP contribution in [0, 0.1) is 17.7 Å². The van der Waals surface area contributed by atoms with E-state index in [2.05, 4.69) is 17.2 Å². The van der Waals surface area contributed by atoms with Crippen molar-refractivity contribution >= 4 is 17.5 Å². The number of nitrogens with one attached hydrogen (secondary N) is 1. The molecule has 2 nitrogen and oxygen atoms in total. The van der Waals surface area contributed by atoms with Gasteiger partial charge in [0.1, 0.15) is 5.82 Å². The summed E-state index contributed by atoms with van der Waals surface area (Å²) in [5.41, 5.74) is 0.773. The van der Waals surface area contributed by atoms with E-state index in [1.807, 2.05) is 6.07 Å². The molecule has 0 bridgehead atoms. The van der Waals surface area contributed by atoms with Crippen molar-refractivity contribution in [1.29, 1.82) is 0 Å². The highest BCUT2D eigenvalue weighted by Crippen LogP contribution is 2.09. The predicted octanol–water partition coefficient (Wildman–Crippen LogP) is 3.26. The van der Waals surface area contributed by atoms with Gasteiger partial charge in [-0.1, -0.05) is 41.6 Å². The smallest absolute Gasteiger partial charge is 0.255 e. The van der Waals surface area contributed by atoms with Crippen LogP contribution in [-0.4, -0.2) is 12.5 Å². The van der Waals surface area contributed by atoms with Crippen LogP contribution in [0.25, 0.3) is 0 Å². The Bertz CT molecular complexity index is 688. The number of hydrogen-bond acceptors (Lipinski definition) is 1. The van der Waals surface area contributed by atoms with E-state index in [0.717, 1.165) is 5.56 Å². The first kappa shape index (κ1) is 14.1. The van der Waals surface area contributed by atoms with Gasteiger partial charge >= 0.3 is 0 Å². The van der Waals surface area contributed by atoms with Gasteiger partial charge in [0, 0.05) is 10.6 Å². The Labute approximate surface area is 121 Å². The zero-order valence-corrected chi connectivity index (χ0v) is 11.2. The van der Waals surface area contributed by atoms with Crippen LogP contribution in [0.5, 0.6) is 0 Å². The fourth-order valence-corrected chi connectivity index (χ4v) is 1.77. The first-order valence-electron chi connectivity index (χ1n) is 5.94. The monoisotopic (exact) mass is 287 g/mol. The fraction of sp³-hybridized carbons (Fsp3) is 0.0625. The van der Waals surface area contributed by atoms with Gasteiger partial charge in [-0.15, -0.1) is 0 Å². The van der Waals surface area contributed by atoms with Crippen LogP contribution in [0.2, 0.25) is 5.02 Å². The van der Waals surface area contributed by atoms with Gasteiger partial charge in [0.25, 0.3) is 5.91 Å². The summed E-state index contributed by atoms with van der Waals surface area (Å²) < 4.78 is 13.3. The summed E-state index contributed by atoms with van der Waals surface area (Å²) in [6.45, 7) is 0.139. The molecule has 0 saturated heterocycles. The summed E-state index contributed by atoms with van der Waals surface area (Å²) in [5, 5.41) is 3.14. The zero-order valence-electron chi connectivity index (χ0n) is 10.5. The summed E-state index contributed by atoms with van der Waals surface area (Å²) in [5.74, 6) is 4.62. The molecule has 20 heavy (non-hydrogen) atoms. The molecule has 0 heterocycles. The highest BCUT2D eigenvalue weighted by Gasteiger charge is 2.08. The SMILES string of the molecule is O=C(NCC#Cc1cccc(Cl)c1)c1ccccc1F. The topological polar surface area (TPSA) is 29.1 Å². The second-order valence-corrected chi connectivity index (χ2v) is 4.41. The molecule has 0 radical (unpaired) electrons. The van der Waals surface area contributed by atoms with Gasteiger partial charge < -0.3 is 5.32 Å². The molecule has 0 spiro atoms. The lowest BCUT2D eigenvalue weighted by molar-refractivity contribution is 0.0954. The second kappa shape index (κ2) is 6.74. The van der Waals surface area contributed by atoms with Gasteiger partial charge in [0.15, 0.2) is 0 Å². The highest BCUT2D eigenvalue weighted by atomic mass is 35.5. The Morgan fingerprint density at radius 3 is 2.75 bits per heavy atom. The van der Waals surface area contributed by atoms with E-state index in [-0.39, 0.29) is 12.1 Å². The molecular formula is C16H11ClFNO. The third-order valence-electron chi connectivity index (χ3n) is 2.51. The molecule has 0 fully saturated rings. The first-order chi connectivity index (χ1) is 9.66. The molecule has 0 aliphatic rings. The minimum atomic E-state index is -0.548. The molecule has 2 rings (SSSR count). The summed E-state index contributed by atoms with van der Waals surface area (Å²) in [6.07, 6.45) is 0. The van der Waals surface area contributed by atoms with Crippen LogP contribution >= 0.6 is 11.6 Å². The Balaban J connectivity index is 1.94. The van der Waals surface area contributed by atoms with Crippen molar-refractivity contribution in [1.82, 2.24) is 5.32 Å². The van der Waals surface area contributed by atoms with Crippen molar-refractivity contribution in [2.45, 2.75) is 0 Å². The standard InChI is InChI=1S/C16H11ClFNO/c17-13-7-3-5-12(11-13)6-4-10-19-16(20)14-8-1-2-9-15(14)18/h1-3,5,7-9,11H,10H2,(H,19,20). The lowest BCUT2D eigenvalue weighted by Gasteiger charge is -2.01. The van der Waals surface area contributed by atoms with Crippen LogP contribution in [0.3, 0.4) is 0 Å². The molecule has 0 aliphatic carbocycles. The van der Waals surface area contributed by atoms with E-state index < -0.39 is 11.7 Å². The highest BCUT2D eigenvalue weighted by molar-refractivity contribution is 6.30. The van der Waals surface area contributed by atoms with Crippen molar-refractivity contribution in [3.05, 3.63) is 70.5 Å². The quantitative estimate of drug-likeness (QED) is 0.844. The number of amides is 1. The molecule has 0 unspecified atom stereocenters. The van der Waals surface area contributed by atoms with Crippen molar-refractivity contribution in [2.24, 2.45) is 0 Å². The normalized spacial score (nSPS) is 9.50. The van der Waals surface area contributed by atoms with Gasteiger partial charge in [-0.05, 0) is 30.3 Å². The molecule has 1 N–H and O–H groups in total. The van der Waals surface area contributed by atoms with Crippen LogP contribution in [0.1, 0.15) is 15.9 Å². The molecule has 2 aromatic rings. The van der Waals surface area contributed by atoms with Gasteiger partial charge in [-0.2, -0.15) is 0 Å². The maximum atomic E-state index is 13.3. The van der Waals surface area contributed by atoms with E-state index in [1.54, 1.807) is 24.3 Å². The van der Waals surface area contributed by atoms with Gasteiger partial charge in [0.2, 0.25) is 0 Å². The number of benzene rings is 2. The second-order valence-electron chi connectivity index (χ2n) is 3.97. The maximum Gasteiger partial charge on any atom is 0.255 e. The van der Waals surface area contributed by atoms with Crippen LogP contribution in [0.4, 0.5) is 4.39 Å². The lowest BCUT2D eigenvalue weighted by atomic mass is 10.2. The number of carbonyl (C=O) groups excluding carboxylic acids is 1. The van der Waals surface area contributed by atoms with E-state index in [9.17, 15) is 9.18 Å². The average Bonchev–Trinajstić information content (AvgIpc) is 2.44. The summed E-state index contributed by atoms with van der Waals surface area (Å²) >= 11 is 5.83. The number of hydrogen-bond donors (Lipinski definition) is 1. The number of halogens is 2. The minimum Gasteiger partial charge on any atom is -0.341 e. The third kappa shape index (κ3) is 3.84. The Morgan fingerprint density at radius 2 is 2.00 bits per heavy atom. The summed E-state index contributed by atoms with van der Waals surface area (Å²) in [4.78, 5) is 11.7. The molecule has 0 aromatic heterocycles. The van der Waals surface area contributed by atoms with Gasteiger partial charge in [-0.3, -0.25) is 4.79 Å². The van der Waals surface area contributed by atoms with Crippen LogP contribution in [0.15, 0.2) is 48.5 Å². The molecule has 0 aliphatic heterocycles. The molecular weight excluding hydrogens is 277 g/mol. The lowest BCUT2D eigenvalue weighted by Crippen LogP contribution is -2.24. The Kier molecular flexibility index (Phi) is 4.75. The Morgan fingerprint density at radius 1 is 1.20 bits per heavy atom. The van der Waals surface area contributed by atoms with E-state index in [1.165, 1.54) is 18.2 Å². The first-order valence-corrected chi connectivity index (χ1v) is 6.32. The summed E-state index contributed by atoms with van der Waals surface area (Å²) in [6, 6.07) is 12.9. The average molecular weight is 288 g/mol. The third-order valence-corrected chi connectivity index (χ3v) is 2.75. The van der Waals surface area contributed by atoms with Crippen LogP contribution < -0.4 is 5.32 Å². The van der Waals surface area contributed by atoms with E-state index in [4.69, 9.17) is 11.6 Å². The number of rotatable bonds is 2. The Hall–Kier alpha value is -2.31. The van der Waals surface area contributed by atoms with E-state index in [0.29, 0.717) is 5.02 Å². The fourth-order valence-electron chi connectivity index (χ4n) is 1.58. The molecule has 0 saturated carbocycles. The molecule has 2 aromatic carbocycles. The zero-order chi connectivity index (χ0) is 14.4. The van der Waals surface area contributed by atoms with Crippen molar-refractivity contribution in [3.63, 3.8) is 0 Å². The van der Waals surface area contributed by atoms with Crippen molar-refractivity contribution in [3.8, 4) is 11.8 Å². The van der Waals surface area contributed by atoms with Gasteiger partial charge in [-0.25, -0.2) is 4.39 Å². The van der Waals surface area contributed by atoms with Gasteiger partial charge in [0.05, 0.1) is 12.1 Å². The predicted molar refractivity (Wildman–Crippen MR) is 77.1 cm³/mol. The van der Waals surface area contributed by atoms with E-state index >= 15 is 0 Å². The molecule has 1 amide bonds. The maximum absolute atomic E-state index is 13.3. The minimum absolute atomic E-state index is 0.0112. The van der Waals surface area contributed by atoms with Crippen LogP contribution in [-0.2, 0) is 0 Å². The number of carbonyl (C=O) groups is 1. The molecule has 0 atom stereocenters.